The molecule has 2 N–H and O–H groups in total. The first kappa shape index (κ1) is 14.5. The normalized spacial score (nSPS) is 12.5. The second-order valence-corrected chi connectivity index (χ2v) is 5.79. The molecule has 0 amide bonds. The van der Waals surface area contributed by atoms with Gasteiger partial charge in [-0.25, -0.2) is 4.39 Å². The van der Waals surface area contributed by atoms with Gasteiger partial charge in [-0.15, -0.1) is 0 Å². The van der Waals surface area contributed by atoms with Crippen LogP contribution in [0.4, 0.5) is 4.39 Å². The first-order chi connectivity index (χ1) is 8.99. The van der Waals surface area contributed by atoms with Gasteiger partial charge < -0.3 is 5.73 Å². The van der Waals surface area contributed by atoms with Crippen molar-refractivity contribution in [2.75, 3.05) is 0 Å². The maximum absolute atomic E-state index is 13.8. The summed E-state index contributed by atoms with van der Waals surface area (Å²) in [5.41, 5.74) is 8.87. The summed E-state index contributed by atoms with van der Waals surface area (Å²) in [4.78, 5) is 0. The molecule has 0 spiro atoms. The molecule has 0 aromatic heterocycles. The van der Waals surface area contributed by atoms with Crippen LogP contribution in [0.2, 0.25) is 5.02 Å². The minimum atomic E-state index is -0.310. The van der Waals surface area contributed by atoms with Crippen molar-refractivity contribution in [3.8, 4) is 0 Å². The largest absolute Gasteiger partial charge is 0.324 e. The summed E-state index contributed by atoms with van der Waals surface area (Å²) < 4.78 is 14.8. The maximum Gasteiger partial charge on any atom is 0.127 e. The summed E-state index contributed by atoms with van der Waals surface area (Å²) in [5, 5.41) is 0.397. The molecular weight excluding hydrogens is 329 g/mol. The third-order valence-corrected chi connectivity index (χ3v) is 4.26. The van der Waals surface area contributed by atoms with Crippen molar-refractivity contribution in [3.05, 3.63) is 68.4 Å². The van der Waals surface area contributed by atoms with E-state index in [1.807, 2.05) is 25.1 Å². The van der Waals surface area contributed by atoms with Crippen LogP contribution < -0.4 is 5.73 Å². The molecule has 2 rings (SSSR count). The highest BCUT2D eigenvalue weighted by atomic mass is 79.9. The standard InChI is InChI=1S/C15H14BrClFN/c1-9-12(3-2-4-13(9)16)15(19)7-10-5-6-11(17)8-14(10)18/h2-6,8,15H,7,19H2,1H3. The molecule has 2 aromatic rings. The van der Waals surface area contributed by atoms with Gasteiger partial charge in [-0.05, 0) is 48.2 Å². The summed E-state index contributed by atoms with van der Waals surface area (Å²) in [7, 11) is 0. The Balaban J connectivity index is 2.25. The SMILES string of the molecule is Cc1c(Br)cccc1C(N)Cc1ccc(Cl)cc1F. The van der Waals surface area contributed by atoms with E-state index in [-0.39, 0.29) is 11.9 Å². The lowest BCUT2D eigenvalue weighted by Gasteiger charge is -2.16. The minimum absolute atomic E-state index is 0.242. The van der Waals surface area contributed by atoms with Crippen molar-refractivity contribution in [1.82, 2.24) is 0 Å². The summed E-state index contributed by atoms with van der Waals surface area (Å²) in [6.45, 7) is 2.00. The van der Waals surface area contributed by atoms with Crippen LogP contribution in [0.5, 0.6) is 0 Å². The smallest absolute Gasteiger partial charge is 0.127 e. The van der Waals surface area contributed by atoms with Crippen molar-refractivity contribution in [1.29, 1.82) is 0 Å². The molecule has 100 valence electrons. The van der Waals surface area contributed by atoms with Gasteiger partial charge in [-0.3, -0.25) is 0 Å². The van der Waals surface area contributed by atoms with Gasteiger partial charge in [-0.1, -0.05) is 45.7 Å². The first-order valence-electron chi connectivity index (χ1n) is 5.93. The Hall–Kier alpha value is -0.900. The quantitative estimate of drug-likeness (QED) is 0.852. The number of rotatable bonds is 3. The Morgan fingerprint density at radius 2 is 2.05 bits per heavy atom. The Kier molecular flexibility index (Phi) is 4.61. The van der Waals surface area contributed by atoms with Crippen LogP contribution in [0, 0.1) is 12.7 Å². The highest BCUT2D eigenvalue weighted by Crippen LogP contribution is 2.26. The third-order valence-electron chi connectivity index (χ3n) is 3.16. The molecule has 0 aliphatic heterocycles. The van der Waals surface area contributed by atoms with Crippen molar-refractivity contribution >= 4 is 27.5 Å². The molecule has 0 radical (unpaired) electrons. The molecule has 1 atom stereocenters. The van der Waals surface area contributed by atoms with E-state index in [0.717, 1.165) is 15.6 Å². The molecule has 0 saturated heterocycles. The van der Waals surface area contributed by atoms with Gasteiger partial charge in [0.25, 0.3) is 0 Å². The fourth-order valence-electron chi connectivity index (χ4n) is 2.06. The van der Waals surface area contributed by atoms with Gasteiger partial charge >= 0.3 is 0 Å². The summed E-state index contributed by atoms with van der Waals surface area (Å²) in [6.07, 6.45) is 0.445. The zero-order valence-electron chi connectivity index (χ0n) is 10.5. The second kappa shape index (κ2) is 6.04. The van der Waals surface area contributed by atoms with Gasteiger partial charge in [0, 0.05) is 15.5 Å². The number of halogens is 3. The van der Waals surface area contributed by atoms with E-state index in [1.165, 1.54) is 6.07 Å². The van der Waals surface area contributed by atoms with E-state index in [2.05, 4.69) is 15.9 Å². The lowest BCUT2D eigenvalue weighted by Crippen LogP contribution is -2.15. The van der Waals surface area contributed by atoms with Gasteiger partial charge in [-0.2, -0.15) is 0 Å². The Bertz CT molecular complexity index is 601. The molecule has 0 bridgehead atoms. The van der Waals surface area contributed by atoms with E-state index in [0.29, 0.717) is 17.0 Å². The molecular formula is C15H14BrClFN. The maximum atomic E-state index is 13.8. The molecule has 2 aromatic carbocycles. The molecule has 0 heterocycles. The molecule has 0 aliphatic carbocycles. The van der Waals surface area contributed by atoms with Crippen LogP contribution >= 0.6 is 27.5 Å². The highest BCUT2D eigenvalue weighted by Gasteiger charge is 2.13. The molecule has 0 saturated carbocycles. The fourth-order valence-corrected chi connectivity index (χ4v) is 2.60. The lowest BCUT2D eigenvalue weighted by molar-refractivity contribution is 0.592. The highest BCUT2D eigenvalue weighted by molar-refractivity contribution is 9.10. The molecule has 4 heteroatoms. The van der Waals surface area contributed by atoms with E-state index in [4.69, 9.17) is 17.3 Å². The summed E-state index contributed by atoms with van der Waals surface area (Å²) in [5.74, 6) is -0.310. The molecule has 1 unspecified atom stereocenters. The number of hydrogen-bond acceptors (Lipinski definition) is 1. The van der Waals surface area contributed by atoms with Gasteiger partial charge in [0.2, 0.25) is 0 Å². The predicted octanol–water partition coefficient (Wildman–Crippen LogP) is 4.79. The minimum Gasteiger partial charge on any atom is -0.324 e. The summed E-state index contributed by atoms with van der Waals surface area (Å²) >= 11 is 9.22. The predicted molar refractivity (Wildman–Crippen MR) is 80.9 cm³/mol. The Morgan fingerprint density at radius 3 is 2.74 bits per heavy atom. The third kappa shape index (κ3) is 3.35. The van der Waals surface area contributed by atoms with Crippen molar-refractivity contribution in [2.24, 2.45) is 5.73 Å². The first-order valence-corrected chi connectivity index (χ1v) is 7.10. The van der Waals surface area contributed by atoms with Crippen LogP contribution in [0.3, 0.4) is 0 Å². The lowest BCUT2D eigenvalue weighted by atomic mass is 9.96. The average molecular weight is 343 g/mol. The van der Waals surface area contributed by atoms with E-state index >= 15 is 0 Å². The molecule has 19 heavy (non-hydrogen) atoms. The second-order valence-electron chi connectivity index (χ2n) is 4.50. The van der Waals surface area contributed by atoms with Crippen molar-refractivity contribution in [2.45, 2.75) is 19.4 Å². The van der Waals surface area contributed by atoms with Crippen LogP contribution in [0.25, 0.3) is 0 Å². The van der Waals surface area contributed by atoms with Crippen LogP contribution in [0.1, 0.15) is 22.7 Å². The number of nitrogens with two attached hydrogens (primary N) is 1. The Morgan fingerprint density at radius 1 is 1.32 bits per heavy atom. The van der Waals surface area contributed by atoms with Gasteiger partial charge in [0.1, 0.15) is 5.82 Å². The average Bonchev–Trinajstić information content (AvgIpc) is 2.36. The van der Waals surface area contributed by atoms with E-state index in [9.17, 15) is 4.39 Å². The monoisotopic (exact) mass is 341 g/mol. The van der Waals surface area contributed by atoms with Crippen LogP contribution in [0.15, 0.2) is 40.9 Å². The van der Waals surface area contributed by atoms with Crippen LogP contribution in [-0.2, 0) is 6.42 Å². The summed E-state index contributed by atoms with van der Waals surface area (Å²) in [6, 6.07) is 10.3. The van der Waals surface area contributed by atoms with Gasteiger partial charge in [0.05, 0.1) is 0 Å². The van der Waals surface area contributed by atoms with Crippen molar-refractivity contribution < 1.29 is 4.39 Å². The molecule has 0 fully saturated rings. The van der Waals surface area contributed by atoms with Crippen LogP contribution in [-0.4, -0.2) is 0 Å². The number of benzene rings is 2. The topological polar surface area (TPSA) is 26.0 Å². The molecule has 1 nitrogen and oxygen atoms in total. The Labute approximate surface area is 125 Å². The number of hydrogen-bond donors (Lipinski definition) is 1. The van der Waals surface area contributed by atoms with E-state index < -0.39 is 0 Å². The van der Waals surface area contributed by atoms with Crippen molar-refractivity contribution in [3.63, 3.8) is 0 Å². The zero-order valence-corrected chi connectivity index (χ0v) is 12.8. The fraction of sp³-hybridized carbons (Fsp3) is 0.200. The molecule has 0 aliphatic rings. The van der Waals surface area contributed by atoms with Gasteiger partial charge in [0.15, 0.2) is 0 Å². The van der Waals surface area contributed by atoms with E-state index in [1.54, 1.807) is 12.1 Å². The zero-order chi connectivity index (χ0) is 14.0.